The molecule has 0 bridgehead atoms. The van der Waals surface area contributed by atoms with E-state index in [0.717, 1.165) is 5.84 Å². The molecule has 6 heteroatoms. The van der Waals surface area contributed by atoms with Crippen molar-refractivity contribution in [2.24, 2.45) is 10.9 Å². The highest BCUT2D eigenvalue weighted by Crippen LogP contribution is 2.09. The maximum Gasteiger partial charge on any atom is 0.333 e. The molecule has 6 nitrogen and oxygen atoms in total. The average Bonchev–Trinajstić information content (AvgIpc) is 2.83. The maximum atomic E-state index is 11.9. The summed E-state index contributed by atoms with van der Waals surface area (Å²) in [7, 11) is 0. The van der Waals surface area contributed by atoms with E-state index in [1.165, 1.54) is 0 Å². The number of esters is 1. The minimum atomic E-state index is -0.445. The van der Waals surface area contributed by atoms with Gasteiger partial charge in [-0.1, -0.05) is 20.4 Å². The molecule has 0 aliphatic carbocycles. The topological polar surface area (TPSA) is 71.0 Å². The molecule has 0 spiro atoms. The summed E-state index contributed by atoms with van der Waals surface area (Å²) in [6.45, 7) is 10.7. The number of urea groups is 1. The Morgan fingerprint density at radius 1 is 1.53 bits per heavy atom. The molecule has 106 valence electrons. The lowest BCUT2D eigenvalue weighted by atomic mass is 10.2. The van der Waals surface area contributed by atoms with Gasteiger partial charge in [-0.05, 0) is 6.92 Å². The molecule has 2 amide bonds. The Labute approximate surface area is 113 Å². The number of nitrogens with one attached hydrogen (secondary N) is 1. The lowest BCUT2D eigenvalue weighted by molar-refractivity contribution is -0.138. The highest BCUT2D eigenvalue weighted by Gasteiger charge is 2.25. The van der Waals surface area contributed by atoms with Crippen LogP contribution in [0.2, 0.25) is 0 Å². The quantitative estimate of drug-likeness (QED) is 0.462. The molecule has 0 unspecified atom stereocenters. The van der Waals surface area contributed by atoms with Gasteiger partial charge in [0.25, 0.3) is 0 Å². The van der Waals surface area contributed by atoms with Crippen LogP contribution in [0.25, 0.3) is 0 Å². The highest BCUT2D eigenvalue weighted by molar-refractivity contribution is 5.99. The molecule has 19 heavy (non-hydrogen) atoms. The first-order valence-corrected chi connectivity index (χ1v) is 6.35. The Morgan fingerprint density at radius 3 is 2.79 bits per heavy atom. The van der Waals surface area contributed by atoms with Crippen molar-refractivity contribution in [2.75, 3.05) is 26.2 Å². The van der Waals surface area contributed by atoms with E-state index in [0.29, 0.717) is 18.7 Å². The largest absolute Gasteiger partial charge is 0.460 e. The number of carbonyl (C=O) groups excluding carboxylic acids is 2. The molecule has 0 radical (unpaired) electrons. The zero-order chi connectivity index (χ0) is 14.4. The molecule has 0 saturated carbocycles. The van der Waals surface area contributed by atoms with Crippen LogP contribution in [0.1, 0.15) is 20.8 Å². The second kappa shape index (κ2) is 6.92. The SMILES string of the molecule is C=C(C)C(=O)OCCNC(=O)N1CCN=C1C(C)C. The van der Waals surface area contributed by atoms with Crippen molar-refractivity contribution in [3.8, 4) is 0 Å². The number of ether oxygens (including phenoxy) is 1. The van der Waals surface area contributed by atoms with Crippen LogP contribution >= 0.6 is 0 Å². The fourth-order valence-electron chi connectivity index (χ4n) is 1.68. The van der Waals surface area contributed by atoms with Crippen molar-refractivity contribution in [3.63, 3.8) is 0 Å². The molecular weight excluding hydrogens is 246 g/mol. The van der Waals surface area contributed by atoms with Crippen LogP contribution in [0.15, 0.2) is 17.1 Å². The number of amides is 2. The number of aliphatic imine (C=N–C) groups is 1. The molecule has 1 heterocycles. The summed E-state index contributed by atoms with van der Waals surface area (Å²) in [6.07, 6.45) is 0. The van der Waals surface area contributed by atoms with Gasteiger partial charge in [0, 0.05) is 18.0 Å². The lowest BCUT2D eigenvalue weighted by Crippen LogP contribution is -2.44. The molecule has 1 aliphatic rings. The molecule has 0 aromatic rings. The molecule has 0 aromatic carbocycles. The van der Waals surface area contributed by atoms with Crippen LogP contribution in [-0.4, -0.2) is 49.0 Å². The fourth-order valence-corrected chi connectivity index (χ4v) is 1.68. The zero-order valence-electron chi connectivity index (χ0n) is 11.7. The molecule has 0 saturated heterocycles. The third-order valence-electron chi connectivity index (χ3n) is 2.60. The van der Waals surface area contributed by atoms with Crippen molar-refractivity contribution >= 4 is 17.8 Å². The van der Waals surface area contributed by atoms with E-state index in [-0.39, 0.29) is 25.1 Å². The first kappa shape index (κ1) is 15.2. The van der Waals surface area contributed by atoms with Gasteiger partial charge in [0.15, 0.2) is 0 Å². The third-order valence-corrected chi connectivity index (χ3v) is 2.60. The van der Waals surface area contributed by atoms with E-state index >= 15 is 0 Å². The lowest BCUT2D eigenvalue weighted by Gasteiger charge is -2.21. The first-order valence-electron chi connectivity index (χ1n) is 6.35. The normalized spacial score (nSPS) is 14.3. The fraction of sp³-hybridized carbons (Fsp3) is 0.615. The Hall–Kier alpha value is -1.85. The van der Waals surface area contributed by atoms with Gasteiger partial charge in [0.2, 0.25) is 0 Å². The molecule has 1 rings (SSSR count). The van der Waals surface area contributed by atoms with Crippen LogP contribution in [0.4, 0.5) is 4.79 Å². The van der Waals surface area contributed by atoms with Gasteiger partial charge < -0.3 is 10.1 Å². The van der Waals surface area contributed by atoms with Crippen LogP contribution in [0, 0.1) is 5.92 Å². The van der Waals surface area contributed by atoms with E-state index in [1.807, 2.05) is 13.8 Å². The zero-order valence-corrected chi connectivity index (χ0v) is 11.7. The van der Waals surface area contributed by atoms with Gasteiger partial charge in [-0.15, -0.1) is 0 Å². The van der Waals surface area contributed by atoms with Crippen molar-refractivity contribution < 1.29 is 14.3 Å². The van der Waals surface area contributed by atoms with Gasteiger partial charge in [0.1, 0.15) is 12.4 Å². The summed E-state index contributed by atoms with van der Waals surface area (Å²) in [5.41, 5.74) is 0.347. The molecule has 0 fully saturated rings. The van der Waals surface area contributed by atoms with E-state index < -0.39 is 5.97 Å². The van der Waals surface area contributed by atoms with E-state index in [4.69, 9.17) is 4.74 Å². The monoisotopic (exact) mass is 267 g/mol. The predicted molar refractivity (Wildman–Crippen MR) is 73.0 cm³/mol. The minimum absolute atomic E-state index is 0.138. The number of hydrogen-bond donors (Lipinski definition) is 1. The van der Waals surface area contributed by atoms with Crippen molar-refractivity contribution in [1.29, 1.82) is 0 Å². The van der Waals surface area contributed by atoms with Gasteiger partial charge in [-0.3, -0.25) is 9.89 Å². The second-order valence-corrected chi connectivity index (χ2v) is 4.69. The third kappa shape index (κ3) is 4.39. The Balaban J connectivity index is 2.31. The standard InChI is InChI=1S/C13H21N3O3/c1-9(2)11-14-5-7-16(11)13(18)15-6-8-19-12(17)10(3)4/h9H,3,5-8H2,1-2,4H3,(H,15,18). The van der Waals surface area contributed by atoms with Crippen molar-refractivity contribution in [2.45, 2.75) is 20.8 Å². The summed E-state index contributed by atoms with van der Waals surface area (Å²) in [6, 6.07) is -0.198. The van der Waals surface area contributed by atoms with Crippen LogP contribution in [-0.2, 0) is 9.53 Å². The molecule has 0 atom stereocenters. The molecule has 1 N–H and O–H groups in total. The summed E-state index contributed by atoms with van der Waals surface area (Å²) >= 11 is 0. The molecule has 0 aromatic heterocycles. The van der Waals surface area contributed by atoms with Crippen LogP contribution in [0.3, 0.4) is 0 Å². The number of amidine groups is 1. The van der Waals surface area contributed by atoms with Gasteiger partial charge in [0.05, 0.1) is 13.1 Å². The van der Waals surface area contributed by atoms with Gasteiger partial charge in [-0.25, -0.2) is 9.59 Å². The number of nitrogens with zero attached hydrogens (tertiary/aromatic N) is 2. The maximum absolute atomic E-state index is 11.9. The van der Waals surface area contributed by atoms with Crippen LogP contribution < -0.4 is 5.32 Å². The number of rotatable bonds is 5. The summed E-state index contributed by atoms with van der Waals surface area (Å²) in [4.78, 5) is 29.0. The van der Waals surface area contributed by atoms with E-state index in [1.54, 1.807) is 11.8 Å². The summed E-state index contributed by atoms with van der Waals surface area (Å²) in [5, 5.41) is 2.70. The van der Waals surface area contributed by atoms with Gasteiger partial charge >= 0.3 is 12.0 Å². The first-order chi connectivity index (χ1) is 8.93. The smallest absolute Gasteiger partial charge is 0.333 e. The number of hydrogen-bond acceptors (Lipinski definition) is 4. The molecular formula is C13H21N3O3. The predicted octanol–water partition coefficient (Wildman–Crippen LogP) is 1.19. The van der Waals surface area contributed by atoms with Gasteiger partial charge in [-0.2, -0.15) is 0 Å². The highest BCUT2D eigenvalue weighted by atomic mass is 16.5. The number of carbonyl (C=O) groups is 2. The Kier molecular flexibility index (Phi) is 5.54. The van der Waals surface area contributed by atoms with Crippen molar-refractivity contribution in [1.82, 2.24) is 10.2 Å². The minimum Gasteiger partial charge on any atom is -0.460 e. The average molecular weight is 267 g/mol. The van der Waals surface area contributed by atoms with Crippen LogP contribution in [0.5, 0.6) is 0 Å². The van der Waals surface area contributed by atoms with Crippen molar-refractivity contribution in [3.05, 3.63) is 12.2 Å². The molecule has 1 aliphatic heterocycles. The Bertz CT molecular complexity index is 402. The second-order valence-electron chi connectivity index (χ2n) is 4.69. The summed E-state index contributed by atoms with van der Waals surface area (Å²) in [5.74, 6) is 0.575. The summed E-state index contributed by atoms with van der Waals surface area (Å²) < 4.78 is 4.89. The Morgan fingerprint density at radius 2 is 2.21 bits per heavy atom. The van der Waals surface area contributed by atoms with E-state index in [2.05, 4.69) is 16.9 Å². The van der Waals surface area contributed by atoms with E-state index in [9.17, 15) is 9.59 Å².